The molecule has 0 N–H and O–H groups in total. The molecule has 0 aliphatic carbocycles. The number of halogens is 4. The number of carbonyl (C=O) groups is 1. The highest BCUT2D eigenvalue weighted by Gasteiger charge is 2.30. The first-order chi connectivity index (χ1) is 7.79. The van der Waals surface area contributed by atoms with Crippen LogP contribution >= 0.6 is 11.6 Å². The van der Waals surface area contributed by atoms with Crippen LogP contribution in [-0.2, 0) is 10.9 Å². The van der Waals surface area contributed by atoms with Crippen LogP contribution in [0.2, 0.25) is 0 Å². The molecule has 0 spiro atoms. The molecule has 0 aliphatic heterocycles. The molecule has 0 amide bonds. The smallest absolute Gasteiger partial charge is 0.415 e. The largest absolute Gasteiger partial charge is 0.515 e. The molecule has 0 heterocycles. The highest BCUT2D eigenvalue weighted by atomic mass is 35.5. The lowest BCUT2D eigenvalue weighted by Crippen LogP contribution is -2.14. The van der Waals surface area contributed by atoms with Gasteiger partial charge >= 0.3 is 12.3 Å². The summed E-state index contributed by atoms with van der Waals surface area (Å²) in [5, 5.41) is 0. The summed E-state index contributed by atoms with van der Waals surface area (Å²) in [6.07, 6.45) is -5.50. The number of hydrogen-bond donors (Lipinski definition) is 0. The predicted molar refractivity (Wildman–Crippen MR) is 53.9 cm³/mol. The number of hydrogen-bond acceptors (Lipinski definition) is 3. The second-order valence-corrected chi connectivity index (χ2v) is 3.65. The standard InChI is InChI=1S/C10H8ClF3O3/c1-6(11)16-9(15)17-8-4-2-7(3-5-8)10(12,13)14/h2-6H,1H3/t6-/m0/s1. The Labute approximate surface area is 100 Å². The summed E-state index contributed by atoms with van der Waals surface area (Å²) < 4.78 is 45.6. The molecule has 0 saturated carbocycles. The first kappa shape index (κ1) is 13.6. The minimum absolute atomic E-state index is 0.0553. The van der Waals surface area contributed by atoms with Crippen LogP contribution in [0.5, 0.6) is 5.75 Å². The molecule has 0 unspecified atom stereocenters. The second-order valence-electron chi connectivity index (χ2n) is 3.04. The number of alkyl halides is 4. The van der Waals surface area contributed by atoms with Crippen molar-refractivity contribution < 1.29 is 27.4 Å². The Hall–Kier alpha value is -1.43. The number of benzene rings is 1. The third-order valence-corrected chi connectivity index (χ3v) is 1.73. The van der Waals surface area contributed by atoms with Crippen LogP contribution < -0.4 is 4.74 Å². The summed E-state index contributed by atoms with van der Waals surface area (Å²) in [5.41, 5.74) is -1.71. The average Bonchev–Trinajstić information content (AvgIpc) is 2.15. The zero-order valence-corrected chi connectivity index (χ0v) is 9.38. The van der Waals surface area contributed by atoms with E-state index < -0.39 is 23.5 Å². The maximum atomic E-state index is 12.2. The van der Waals surface area contributed by atoms with Crippen molar-refractivity contribution in [3.63, 3.8) is 0 Å². The molecule has 0 aromatic heterocycles. The van der Waals surface area contributed by atoms with Crippen molar-refractivity contribution in [3.05, 3.63) is 29.8 Å². The quantitative estimate of drug-likeness (QED) is 0.465. The summed E-state index contributed by atoms with van der Waals surface area (Å²) >= 11 is 5.35. The molecule has 17 heavy (non-hydrogen) atoms. The molecule has 0 aliphatic rings. The third kappa shape index (κ3) is 4.52. The van der Waals surface area contributed by atoms with Gasteiger partial charge in [0.15, 0.2) is 5.56 Å². The van der Waals surface area contributed by atoms with Crippen molar-refractivity contribution in [2.75, 3.05) is 0 Å². The second kappa shape index (κ2) is 5.27. The van der Waals surface area contributed by atoms with Gasteiger partial charge < -0.3 is 9.47 Å². The topological polar surface area (TPSA) is 35.5 Å². The molecule has 1 atom stereocenters. The zero-order chi connectivity index (χ0) is 13.1. The Morgan fingerprint density at radius 2 is 1.82 bits per heavy atom. The number of rotatable bonds is 2. The van der Waals surface area contributed by atoms with E-state index in [4.69, 9.17) is 11.6 Å². The molecule has 0 saturated heterocycles. The Kier molecular flexibility index (Phi) is 4.22. The highest BCUT2D eigenvalue weighted by molar-refractivity contribution is 6.19. The van der Waals surface area contributed by atoms with Gasteiger partial charge in [-0.05, 0) is 31.2 Å². The van der Waals surface area contributed by atoms with Crippen LogP contribution in [0.1, 0.15) is 12.5 Å². The van der Waals surface area contributed by atoms with E-state index in [9.17, 15) is 18.0 Å². The van der Waals surface area contributed by atoms with Crippen molar-refractivity contribution in [2.45, 2.75) is 18.7 Å². The van der Waals surface area contributed by atoms with Gasteiger partial charge in [0.25, 0.3) is 0 Å². The monoisotopic (exact) mass is 268 g/mol. The van der Waals surface area contributed by atoms with Gasteiger partial charge in [0.2, 0.25) is 0 Å². The number of carbonyl (C=O) groups excluding carboxylic acids is 1. The lowest BCUT2D eigenvalue weighted by atomic mass is 10.2. The normalized spacial score (nSPS) is 13.0. The fraction of sp³-hybridized carbons (Fsp3) is 0.300. The van der Waals surface area contributed by atoms with Gasteiger partial charge in [0, 0.05) is 0 Å². The maximum Gasteiger partial charge on any atom is 0.515 e. The first-order valence-electron chi connectivity index (χ1n) is 4.49. The highest BCUT2D eigenvalue weighted by Crippen LogP contribution is 2.30. The predicted octanol–water partition coefficient (Wildman–Crippen LogP) is 3.81. The van der Waals surface area contributed by atoms with Crippen LogP contribution in [0.15, 0.2) is 24.3 Å². The molecule has 1 rings (SSSR count). The summed E-state index contributed by atoms with van der Waals surface area (Å²) in [6, 6.07) is 3.63. The molecular weight excluding hydrogens is 261 g/mol. The van der Waals surface area contributed by atoms with Gasteiger partial charge in [-0.15, -0.1) is 0 Å². The van der Waals surface area contributed by atoms with E-state index in [1.807, 2.05) is 0 Å². The summed E-state index contributed by atoms with van der Waals surface area (Å²) in [7, 11) is 0. The van der Waals surface area contributed by atoms with E-state index in [1.54, 1.807) is 0 Å². The Bertz CT molecular complexity index is 387. The molecule has 0 fully saturated rings. The minimum atomic E-state index is -4.43. The Morgan fingerprint density at radius 3 is 2.24 bits per heavy atom. The van der Waals surface area contributed by atoms with Gasteiger partial charge in [-0.25, -0.2) is 4.79 Å². The minimum Gasteiger partial charge on any atom is -0.415 e. The van der Waals surface area contributed by atoms with Crippen LogP contribution in [0.3, 0.4) is 0 Å². The SMILES string of the molecule is C[C@@H](Cl)OC(=O)Oc1ccc(C(F)(F)F)cc1. The lowest BCUT2D eigenvalue weighted by molar-refractivity contribution is -0.137. The lowest BCUT2D eigenvalue weighted by Gasteiger charge is -2.09. The summed E-state index contributed by atoms with van der Waals surface area (Å²) in [5.74, 6) is -0.0553. The van der Waals surface area contributed by atoms with Crippen LogP contribution in [0, 0.1) is 0 Å². The van der Waals surface area contributed by atoms with E-state index in [0.717, 1.165) is 24.3 Å². The van der Waals surface area contributed by atoms with Crippen LogP contribution in [0.25, 0.3) is 0 Å². The molecule has 94 valence electrons. The van der Waals surface area contributed by atoms with Crippen molar-refractivity contribution in [1.29, 1.82) is 0 Å². The molecule has 1 aromatic rings. The van der Waals surface area contributed by atoms with Crippen molar-refractivity contribution >= 4 is 17.8 Å². The average molecular weight is 269 g/mol. The Balaban J connectivity index is 2.66. The fourth-order valence-electron chi connectivity index (χ4n) is 0.965. The van der Waals surface area contributed by atoms with E-state index in [0.29, 0.717) is 0 Å². The van der Waals surface area contributed by atoms with Gasteiger partial charge in [0.05, 0.1) is 5.56 Å². The molecule has 1 aromatic carbocycles. The maximum absolute atomic E-state index is 12.2. The van der Waals surface area contributed by atoms with Gasteiger partial charge in [-0.2, -0.15) is 13.2 Å². The van der Waals surface area contributed by atoms with Gasteiger partial charge in [-0.3, -0.25) is 0 Å². The molecule has 3 nitrogen and oxygen atoms in total. The summed E-state index contributed by atoms with van der Waals surface area (Å²) in [4.78, 5) is 11.0. The van der Waals surface area contributed by atoms with Crippen LogP contribution in [-0.4, -0.2) is 11.7 Å². The van der Waals surface area contributed by atoms with E-state index in [-0.39, 0.29) is 5.75 Å². The molecule has 0 radical (unpaired) electrons. The van der Waals surface area contributed by atoms with Crippen molar-refractivity contribution in [1.82, 2.24) is 0 Å². The van der Waals surface area contributed by atoms with Crippen molar-refractivity contribution in [3.8, 4) is 5.75 Å². The fourth-order valence-corrected chi connectivity index (χ4v) is 1.04. The zero-order valence-electron chi connectivity index (χ0n) is 8.62. The van der Waals surface area contributed by atoms with Crippen LogP contribution in [0.4, 0.5) is 18.0 Å². The molecular formula is C10H8ClF3O3. The third-order valence-electron chi connectivity index (χ3n) is 1.64. The molecule has 7 heteroatoms. The first-order valence-corrected chi connectivity index (χ1v) is 4.92. The molecule has 0 bridgehead atoms. The van der Waals surface area contributed by atoms with E-state index in [1.165, 1.54) is 6.92 Å². The van der Waals surface area contributed by atoms with Gasteiger partial charge in [0.1, 0.15) is 5.75 Å². The van der Waals surface area contributed by atoms with E-state index >= 15 is 0 Å². The number of ether oxygens (including phenoxy) is 2. The van der Waals surface area contributed by atoms with Gasteiger partial charge in [-0.1, -0.05) is 11.6 Å². The summed E-state index contributed by atoms with van der Waals surface area (Å²) in [6.45, 7) is 1.40. The van der Waals surface area contributed by atoms with Crippen molar-refractivity contribution in [2.24, 2.45) is 0 Å². The van der Waals surface area contributed by atoms with E-state index in [2.05, 4.69) is 9.47 Å². The Morgan fingerprint density at radius 1 is 1.29 bits per heavy atom.